The summed E-state index contributed by atoms with van der Waals surface area (Å²) in [6.45, 7) is 4.81. The van der Waals surface area contributed by atoms with E-state index in [0.29, 0.717) is 75.2 Å². The maximum atomic E-state index is 12.3. The molecule has 2 N–H and O–H groups in total. The Hall–Kier alpha value is -3.76. The van der Waals surface area contributed by atoms with Gasteiger partial charge in [0.1, 0.15) is 39.0 Å². The maximum Gasteiger partial charge on any atom is 0.326 e. The zero-order chi connectivity index (χ0) is 24.9. The van der Waals surface area contributed by atoms with Gasteiger partial charge in [0.15, 0.2) is 17.6 Å². The number of ether oxygens (including phenoxy) is 2. The molecule has 10 nitrogen and oxygen atoms in total. The molecule has 36 heavy (non-hydrogen) atoms. The molecular weight excluding hydrogens is 507 g/mol. The number of aryl methyl sites for hydroxylation is 2. The Kier molecular flexibility index (Phi) is 4.41. The van der Waals surface area contributed by atoms with Crippen LogP contribution in [0.2, 0.25) is 0 Å². The van der Waals surface area contributed by atoms with E-state index in [4.69, 9.17) is 42.7 Å². The standard InChI is InChI=1S/C24H18Cl2N6O4/c1-3-31-13-7-15-11(5-9(13)29-23(31)33)27-19-18(26)22-20(17(25)21(19)35-15)28-12-6-10-14(8-16(12)36-22)32(4-2)24(34)30-10/h5-8,17,21H,3-4H2,1-2H3,(H,29,33)(H,30,34). The van der Waals surface area contributed by atoms with Crippen molar-refractivity contribution < 1.29 is 9.47 Å². The van der Waals surface area contributed by atoms with Gasteiger partial charge >= 0.3 is 11.4 Å². The number of benzene rings is 2. The molecule has 182 valence electrons. The number of H-pyrrole nitrogens is 2. The predicted molar refractivity (Wildman–Crippen MR) is 138 cm³/mol. The Morgan fingerprint density at radius 3 is 2.06 bits per heavy atom. The van der Waals surface area contributed by atoms with E-state index in [1.807, 2.05) is 13.8 Å². The van der Waals surface area contributed by atoms with Crippen LogP contribution in [-0.2, 0) is 13.1 Å². The summed E-state index contributed by atoms with van der Waals surface area (Å²) < 4.78 is 15.7. The maximum absolute atomic E-state index is 12.3. The first-order chi connectivity index (χ1) is 17.4. The highest BCUT2D eigenvalue weighted by Crippen LogP contribution is 2.45. The third-order valence-corrected chi connectivity index (χ3v) is 7.54. The summed E-state index contributed by atoms with van der Waals surface area (Å²) in [7, 11) is 0. The Labute approximate surface area is 212 Å². The van der Waals surface area contributed by atoms with Gasteiger partial charge in [0.05, 0.1) is 22.1 Å². The third kappa shape index (κ3) is 2.79. The van der Waals surface area contributed by atoms with E-state index in [9.17, 15) is 9.59 Å². The van der Waals surface area contributed by atoms with E-state index in [1.165, 1.54) is 0 Å². The van der Waals surface area contributed by atoms with E-state index in [0.717, 1.165) is 0 Å². The van der Waals surface area contributed by atoms with Crippen LogP contribution < -0.4 is 20.9 Å². The van der Waals surface area contributed by atoms with Crippen LogP contribution in [0.3, 0.4) is 0 Å². The molecule has 0 saturated heterocycles. The average molecular weight is 525 g/mol. The first-order valence-corrected chi connectivity index (χ1v) is 12.3. The molecule has 0 fully saturated rings. The topological polar surface area (TPSA) is 119 Å². The van der Waals surface area contributed by atoms with Crippen LogP contribution in [0.1, 0.15) is 13.8 Å². The number of hydrogen-bond donors (Lipinski definition) is 2. The Balaban J connectivity index is 1.39. The smallest absolute Gasteiger partial charge is 0.326 e. The van der Waals surface area contributed by atoms with Gasteiger partial charge in [-0.1, -0.05) is 11.6 Å². The first-order valence-electron chi connectivity index (χ1n) is 11.5. The molecule has 2 atom stereocenters. The van der Waals surface area contributed by atoms with Gasteiger partial charge in [-0.2, -0.15) is 0 Å². The summed E-state index contributed by atoms with van der Waals surface area (Å²) in [5, 5.41) is -0.499. The van der Waals surface area contributed by atoms with Crippen LogP contribution in [0.5, 0.6) is 11.5 Å². The summed E-state index contributed by atoms with van der Waals surface area (Å²) in [6.07, 6.45) is -0.706. The van der Waals surface area contributed by atoms with Crippen LogP contribution in [-0.4, -0.2) is 42.0 Å². The minimum Gasteiger partial charge on any atom is -0.480 e. The van der Waals surface area contributed by atoms with Crippen molar-refractivity contribution in [2.24, 2.45) is 9.98 Å². The number of imidazole rings is 2. The van der Waals surface area contributed by atoms with Gasteiger partial charge in [-0.05, 0) is 26.0 Å². The molecule has 7 rings (SSSR count). The SMILES string of the molecule is CCn1c(=O)[nH]c2cc3c(cc21)OC1=C(Cl)C2=Nc4cc5[nH]c(=O)n(CC)c5cc4OC2C(Cl)C1=N3. The monoisotopic (exact) mass is 524 g/mol. The third-order valence-electron chi connectivity index (χ3n) is 6.74. The molecule has 4 aromatic rings. The lowest BCUT2D eigenvalue weighted by molar-refractivity contribution is 0.270. The zero-order valence-corrected chi connectivity index (χ0v) is 20.6. The zero-order valence-electron chi connectivity index (χ0n) is 19.1. The summed E-state index contributed by atoms with van der Waals surface area (Å²) in [5.41, 5.74) is 4.21. The number of rotatable bonds is 2. The van der Waals surface area contributed by atoms with Crippen LogP contribution in [0.25, 0.3) is 22.1 Å². The highest BCUT2D eigenvalue weighted by molar-refractivity contribution is 6.52. The first kappa shape index (κ1) is 21.5. The molecule has 4 heterocycles. The molecule has 0 spiro atoms. The highest BCUT2D eigenvalue weighted by atomic mass is 35.5. The lowest BCUT2D eigenvalue weighted by Gasteiger charge is -2.35. The van der Waals surface area contributed by atoms with Gasteiger partial charge in [-0.25, -0.2) is 19.6 Å². The van der Waals surface area contributed by atoms with Crippen molar-refractivity contribution in [2.75, 3.05) is 0 Å². The Bertz CT molecular complexity index is 1850. The molecule has 0 radical (unpaired) electrons. The number of aliphatic imine (C=N–C) groups is 2. The number of fused-ring (bicyclic) bond motifs is 6. The summed E-state index contributed by atoms with van der Waals surface area (Å²) in [6, 6.07) is 7.06. The fourth-order valence-electron chi connectivity index (χ4n) is 5.03. The van der Waals surface area contributed by atoms with Gasteiger partial charge in [0.25, 0.3) is 0 Å². The van der Waals surface area contributed by atoms with Crippen molar-refractivity contribution >= 4 is 68.1 Å². The predicted octanol–water partition coefficient (Wildman–Crippen LogP) is 4.08. The van der Waals surface area contributed by atoms with Crippen molar-refractivity contribution in [3.05, 3.63) is 56.0 Å². The normalized spacial score (nSPS) is 20.2. The number of aromatic nitrogens is 4. The molecule has 3 aliphatic rings. The number of alkyl halides is 1. The lowest BCUT2D eigenvalue weighted by atomic mass is 9.95. The van der Waals surface area contributed by atoms with E-state index >= 15 is 0 Å². The molecule has 1 aliphatic carbocycles. The molecule has 2 aromatic carbocycles. The van der Waals surface area contributed by atoms with Crippen LogP contribution in [0.4, 0.5) is 11.4 Å². The number of nitrogens with zero attached hydrogens (tertiary/aromatic N) is 4. The van der Waals surface area contributed by atoms with Gasteiger partial charge in [-0.3, -0.25) is 9.13 Å². The van der Waals surface area contributed by atoms with Crippen molar-refractivity contribution in [3.63, 3.8) is 0 Å². The van der Waals surface area contributed by atoms with Crippen molar-refractivity contribution in [3.8, 4) is 11.5 Å². The van der Waals surface area contributed by atoms with Gasteiger partial charge in [-0.15, -0.1) is 11.6 Å². The summed E-state index contributed by atoms with van der Waals surface area (Å²) >= 11 is 13.7. The lowest BCUT2D eigenvalue weighted by Crippen LogP contribution is -2.48. The highest BCUT2D eigenvalue weighted by Gasteiger charge is 2.45. The van der Waals surface area contributed by atoms with Crippen LogP contribution >= 0.6 is 23.2 Å². The quantitative estimate of drug-likeness (QED) is 0.384. The fourth-order valence-corrected chi connectivity index (χ4v) is 5.63. The number of aromatic amines is 2. The molecule has 2 unspecified atom stereocenters. The Morgan fingerprint density at radius 2 is 1.44 bits per heavy atom. The molecule has 12 heteroatoms. The second-order valence-corrected chi connectivity index (χ2v) is 9.55. The van der Waals surface area contributed by atoms with Crippen LogP contribution in [0, 0.1) is 0 Å². The van der Waals surface area contributed by atoms with Crippen molar-refractivity contribution in [1.29, 1.82) is 0 Å². The Morgan fingerprint density at radius 1 is 0.889 bits per heavy atom. The molecule has 0 amide bonds. The van der Waals surface area contributed by atoms with E-state index < -0.39 is 11.5 Å². The van der Waals surface area contributed by atoms with E-state index in [1.54, 1.807) is 33.4 Å². The van der Waals surface area contributed by atoms with Gasteiger partial charge in [0, 0.05) is 25.2 Å². The number of nitrogens with one attached hydrogen (secondary N) is 2. The number of hydrogen-bond acceptors (Lipinski definition) is 6. The molecule has 2 aliphatic heterocycles. The number of allylic oxidation sites excluding steroid dienone is 1. The van der Waals surface area contributed by atoms with Crippen LogP contribution in [0.15, 0.2) is 54.6 Å². The van der Waals surface area contributed by atoms with Crippen molar-refractivity contribution in [2.45, 2.75) is 38.4 Å². The minimum absolute atomic E-state index is 0.202. The van der Waals surface area contributed by atoms with E-state index in [-0.39, 0.29) is 16.4 Å². The second-order valence-electron chi connectivity index (χ2n) is 8.70. The van der Waals surface area contributed by atoms with Gasteiger partial charge in [0.2, 0.25) is 0 Å². The molecule has 2 aromatic heterocycles. The van der Waals surface area contributed by atoms with E-state index in [2.05, 4.69) is 9.97 Å². The summed E-state index contributed by atoms with van der Waals surface area (Å²) in [4.78, 5) is 39.7. The number of halogens is 2. The molecule has 0 saturated carbocycles. The average Bonchev–Trinajstić information content (AvgIpc) is 3.35. The fraction of sp³-hybridized carbons (Fsp3) is 0.250. The van der Waals surface area contributed by atoms with Gasteiger partial charge < -0.3 is 19.4 Å². The van der Waals surface area contributed by atoms with Crippen molar-refractivity contribution in [1.82, 2.24) is 19.1 Å². The largest absolute Gasteiger partial charge is 0.480 e. The minimum atomic E-state index is -0.743. The molecule has 0 bridgehead atoms. The molecular formula is C24H18Cl2N6O4. The summed E-state index contributed by atoms with van der Waals surface area (Å²) in [5.74, 6) is 1.26. The second kappa shape index (κ2) is 7.37.